The first-order chi connectivity index (χ1) is 12.3. The molecule has 1 aliphatic carbocycles. The molecule has 25 heavy (non-hydrogen) atoms. The zero-order valence-electron chi connectivity index (χ0n) is 14.1. The Labute approximate surface area is 149 Å². The Morgan fingerprint density at radius 2 is 1.28 bits per heavy atom. The largest absolute Gasteiger partial charge is 0.314 e. The van der Waals surface area contributed by atoms with Crippen LogP contribution in [0.5, 0.6) is 0 Å². The van der Waals surface area contributed by atoms with Crippen molar-refractivity contribution in [3.05, 3.63) is 102 Å². The number of fused-ring (bicyclic) bond motifs is 1. The van der Waals surface area contributed by atoms with Gasteiger partial charge in [-0.15, -0.1) is 0 Å². The van der Waals surface area contributed by atoms with Crippen LogP contribution in [0, 0.1) is 0 Å². The maximum atomic E-state index is 14.1. The second-order valence-corrected chi connectivity index (χ2v) is 9.43. The molecule has 0 spiro atoms. The summed E-state index contributed by atoms with van der Waals surface area (Å²) < 4.78 is 14.1. The highest BCUT2D eigenvalue weighted by Gasteiger charge is 2.27. The molecule has 0 aromatic heterocycles. The second kappa shape index (κ2) is 6.86. The molecule has 0 heterocycles. The summed E-state index contributed by atoms with van der Waals surface area (Å²) in [4.78, 5) is 0. The van der Waals surface area contributed by atoms with Crippen molar-refractivity contribution in [3.63, 3.8) is 0 Å². The van der Waals surface area contributed by atoms with E-state index < -0.39 is 7.14 Å². The van der Waals surface area contributed by atoms with E-state index in [0.717, 1.165) is 23.5 Å². The fourth-order valence-electron chi connectivity index (χ4n) is 3.61. The number of hydrogen-bond donors (Lipinski definition) is 0. The van der Waals surface area contributed by atoms with Gasteiger partial charge < -0.3 is 4.57 Å². The van der Waals surface area contributed by atoms with Gasteiger partial charge in [-0.1, -0.05) is 91.0 Å². The normalized spacial score (nSPS) is 13.4. The van der Waals surface area contributed by atoms with Gasteiger partial charge in [-0.05, 0) is 29.5 Å². The summed E-state index contributed by atoms with van der Waals surface area (Å²) >= 11 is 0. The van der Waals surface area contributed by atoms with E-state index in [4.69, 9.17) is 0 Å². The van der Waals surface area contributed by atoms with Crippen LogP contribution in [0.1, 0.15) is 17.5 Å². The van der Waals surface area contributed by atoms with Crippen LogP contribution >= 0.6 is 7.14 Å². The molecule has 1 nitrogen and oxygen atoms in total. The zero-order chi connectivity index (χ0) is 17.1. The molecule has 1 aliphatic rings. The summed E-state index contributed by atoms with van der Waals surface area (Å²) in [5, 5.41) is 1.90. The van der Waals surface area contributed by atoms with Crippen molar-refractivity contribution in [2.45, 2.75) is 12.8 Å². The van der Waals surface area contributed by atoms with Gasteiger partial charge >= 0.3 is 0 Å². The van der Waals surface area contributed by atoms with Crippen LogP contribution in [0.15, 0.2) is 91.0 Å². The van der Waals surface area contributed by atoms with Crippen LogP contribution in [0.25, 0.3) is 5.57 Å². The van der Waals surface area contributed by atoms with Crippen LogP contribution in [0.4, 0.5) is 0 Å². The molecular formula is C23H21OP. The van der Waals surface area contributed by atoms with Gasteiger partial charge in [0, 0.05) is 16.8 Å². The van der Waals surface area contributed by atoms with E-state index in [0.29, 0.717) is 6.16 Å². The molecule has 0 bridgehead atoms. The highest BCUT2D eigenvalue weighted by molar-refractivity contribution is 7.78. The van der Waals surface area contributed by atoms with E-state index in [1.165, 1.54) is 16.7 Å². The lowest BCUT2D eigenvalue weighted by Crippen LogP contribution is -2.18. The molecule has 0 amide bonds. The second-order valence-electron chi connectivity index (χ2n) is 6.48. The van der Waals surface area contributed by atoms with Crippen LogP contribution < -0.4 is 10.6 Å². The molecule has 0 radical (unpaired) electrons. The third-order valence-electron chi connectivity index (χ3n) is 4.97. The molecule has 3 aromatic carbocycles. The number of rotatable bonds is 5. The van der Waals surface area contributed by atoms with Crippen molar-refractivity contribution in [1.82, 2.24) is 0 Å². The van der Waals surface area contributed by atoms with Crippen LogP contribution in [-0.2, 0) is 11.0 Å². The Morgan fingerprint density at radius 1 is 0.720 bits per heavy atom. The summed E-state index contributed by atoms with van der Waals surface area (Å²) in [5.41, 5.74) is 4.05. The average Bonchev–Trinajstić information content (AvgIpc) is 3.11. The minimum Gasteiger partial charge on any atom is -0.314 e. The lowest BCUT2D eigenvalue weighted by molar-refractivity contribution is 0.587. The predicted octanol–water partition coefficient (Wildman–Crippen LogP) is 5.03. The Kier molecular flexibility index (Phi) is 4.42. The highest BCUT2D eigenvalue weighted by atomic mass is 31.2. The average molecular weight is 344 g/mol. The molecule has 124 valence electrons. The molecule has 0 saturated carbocycles. The van der Waals surface area contributed by atoms with Gasteiger partial charge in [0.2, 0.25) is 0 Å². The van der Waals surface area contributed by atoms with E-state index in [-0.39, 0.29) is 0 Å². The first-order valence-electron chi connectivity index (χ1n) is 8.75. The smallest absolute Gasteiger partial charge is 0.143 e. The Hall–Kier alpha value is -2.37. The van der Waals surface area contributed by atoms with E-state index in [1.807, 2.05) is 60.7 Å². The molecule has 0 aliphatic heterocycles. The summed E-state index contributed by atoms with van der Waals surface area (Å²) in [6, 6.07) is 28.5. The van der Waals surface area contributed by atoms with Crippen molar-refractivity contribution in [2.24, 2.45) is 0 Å². The fraction of sp³-hybridized carbons (Fsp3) is 0.130. The first-order valence-corrected chi connectivity index (χ1v) is 10.6. The number of allylic oxidation sites excluding steroid dienone is 2. The van der Waals surface area contributed by atoms with Crippen molar-refractivity contribution < 1.29 is 4.57 Å². The maximum Gasteiger partial charge on any atom is 0.143 e. The highest BCUT2D eigenvalue weighted by Crippen LogP contribution is 2.46. The van der Waals surface area contributed by atoms with Crippen LogP contribution in [-0.4, -0.2) is 6.16 Å². The molecule has 2 heteroatoms. The van der Waals surface area contributed by atoms with Gasteiger partial charge in [0.15, 0.2) is 0 Å². The Balaban J connectivity index is 1.66. The van der Waals surface area contributed by atoms with Crippen LogP contribution in [0.2, 0.25) is 0 Å². The van der Waals surface area contributed by atoms with Crippen molar-refractivity contribution in [3.8, 4) is 0 Å². The van der Waals surface area contributed by atoms with Crippen molar-refractivity contribution >= 4 is 23.3 Å². The van der Waals surface area contributed by atoms with Gasteiger partial charge in [0.1, 0.15) is 7.14 Å². The zero-order valence-corrected chi connectivity index (χ0v) is 15.0. The molecule has 3 aromatic rings. The minimum atomic E-state index is -2.63. The molecule has 0 N–H and O–H groups in total. The van der Waals surface area contributed by atoms with Gasteiger partial charge in [-0.3, -0.25) is 0 Å². The van der Waals surface area contributed by atoms with Gasteiger partial charge in [0.05, 0.1) is 0 Å². The lowest BCUT2D eigenvalue weighted by atomic mass is 10.0. The maximum absolute atomic E-state index is 14.1. The molecule has 4 rings (SSSR count). The van der Waals surface area contributed by atoms with E-state index in [9.17, 15) is 4.57 Å². The monoisotopic (exact) mass is 344 g/mol. The standard InChI is InChI=1S/C23H21OP/c24-25(21-10-3-1-4-11-21,22-12-5-2-6-13-22)18-17-20-16-15-19-9-7-8-14-23(19)20/h1-14,16H,15,17-18H2. The summed E-state index contributed by atoms with van der Waals surface area (Å²) in [6.07, 6.45) is 4.80. The van der Waals surface area contributed by atoms with E-state index >= 15 is 0 Å². The van der Waals surface area contributed by atoms with Crippen LogP contribution in [0.3, 0.4) is 0 Å². The molecular weight excluding hydrogens is 323 g/mol. The SMILES string of the molecule is O=P(CCC1=CCc2ccccc21)(c1ccccc1)c1ccccc1. The first kappa shape index (κ1) is 16.1. The third-order valence-corrected chi connectivity index (χ3v) is 8.09. The van der Waals surface area contributed by atoms with Gasteiger partial charge in [-0.2, -0.15) is 0 Å². The summed E-state index contributed by atoms with van der Waals surface area (Å²) in [7, 11) is -2.63. The summed E-state index contributed by atoms with van der Waals surface area (Å²) in [5.74, 6) is 0. The lowest BCUT2D eigenvalue weighted by Gasteiger charge is -2.20. The van der Waals surface area contributed by atoms with E-state index in [1.54, 1.807) is 0 Å². The molecule has 0 unspecified atom stereocenters. The van der Waals surface area contributed by atoms with Crippen molar-refractivity contribution in [1.29, 1.82) is 0 Å². The topological polar surface area (TPSA) is 17.1 Å². The molecule has 0 atom stereocenters. The fourth-order valence-corrected chi connectivity index (χ4v) is 6.29. The third kappa shape index (κ3) is 3.13. The predicted molar refractivity (Wildman–Crippen MR) is 107 cm³/mol. The number of hydrogen-bond acceptors (Lipinski definition) is 1. The van der Waals surface area contributed by atoms with Gasteiger partial charge in [0.25, 0.3) is 0 Å². The van der Waals surface area contributed by atoms with E-state index in [2.05, 4.69) is 30.3 Å². The van der Waals surface area contributed by atoms with Crippen molar-refractivity contribution in [2.75, 3.05) is 6.16 Å². The number of benzene rings is 3. The Morgan fingerprint density at radius 3 is 1.92 bits per heavy atom. The quantitative estimate of drug-likeness (QED) is 0.593. The van der Waals surface area contributed by atoms with Gasteiger partial charge in [-0.25, -0.2) is 0 Å². The molecule has 0 fully saturated rings. The summed E-state index contributed by atoms with van der Waals surface area (Å²) in [6.45, 7) is 0. The Bertz CT molecular complexity index is 899. The minimum absolute atomic E-state index is 0.668. The molecule has 0 saturated heterocycles.